The summed E-state index contributed by atoms with van der Waals surface area (Å²) in [7, 11) is 0. The molecule has 0 aromatic heterocycles. The maximum Gasteiger partial charge on any atom is 0.251 e. The molecule has 0 aliphatic carbocycles. The van der Waals surface area contributed by atoms with Gasteiger partial charge in [0, 0.05) is 36.8 Å². The molecule has 3 rings (SSSR count). The lowest BCUT2D eigenvalue weighted by molar-refractivity contribution is -0.118. The summed E-state index contributed by atoms with van der Waals surface area (Å²) in [5.41, 5.74) is 2.77. The molecule has 0 bridgehead atoms. The fraction of sp³-hybridized carbons (Fsp3) is 0.636. The van der Waals surface area contributed by atoms with Crippen LogP contribution in [0.25, 0.3) is 0 Å². The van der Waals surface area contributed by atoms with Crippen LogP contribution in [-0.2, 0) is 11.2 Å². The Hall–Kier alpha value is -1.88. The molecule has 2 aliphatic heterocycles. The van der Waals surface area contributed by atoms with Crippen LogP contribution in [0, 0.1) is 0 Å². The third-order valence-corrected chi connectivity index (χ3v) is 5.94. The summed E-state index contributed by atoms with van der Waals surface area (Å²) in [6.45, 7) is 8.01. The number of piperidine rings is 1. The fourth-order valence-electron chi connectivity index (χ4n) is 4.23. The van der Waals surface area contributed by atoms with Gasteiger partial charge in [-0.2, -0.15) is 0 Å². The second-order valence-corrected chi connectivity index (χ2v) is 7.84. The highest BCUT2D eigenvalue weighted by Crippen LogP contribution is 2.29. The van der Waals surface area contributed by atoms with Gasteiger partial charge < -0.3 is 15.1 Å². The molecule has 1 N–H and O–H groups in total. The minimum absolute atomic E-state index is 0.00981. The zero-order valence-corrected chi connectivity index (χ0v) is 16.8. The molecule has 2 amide bonds. The zero-order chi connectivity index (χ0) is 19.2. The van der Waals surface area contributed by atoms with Gasteiger partial charge in [-0.1, -0.05) is 13.3 Å². The number of hydrogen-bond donors (Lipinski definition) is 1. The summed E-state index contributed by atoms with van der Waals surface area (Å²) in [5.74, 6) is 0.137. The van der Waals surface area contributed by atoms with Crippen LogP contribution in [0.2, 0.25) is 0 Å². The monoisotopic (exact) mass is 371 g/mol. The van der Waals surface area contributed by atoms with Gasteiger partial charge >= 0.3 is 0 Å². The van der Waals surface area contributed by atoms with Crippen molar-refractivity contribution >= 4 is 17.5 Å². The summed E-state index contributed by atoms with van der Waals surface area (Å²) < 4.78 is 0. The highest BCUT2D eigenvalue weighted by Gasteiger charge is 2.24. The van der Waals surface area contributed by atoms with Crippen molar-refractivity contribution in [2.24, 2.45) is 0 Å². The van der Waals surface area contributed by atoms with Crippen molar-refractivity contribution < 1.29 is 9.59 Å². The molecule has 1 aromatic carbocycles. The van der Waals surface area contributed by atoms with Gasteiger partial charge in [-0.25, -0.2) is 0 Å². The van der Waals surface area contributed by atoms with E-state index in [0.29, 0.717) is 18.0 Å². The van der Waals surface area contributed by atoms with Gasteiger partial charge in [0.25, 0.3) is 5.91 Å². The molecule has 5 nitrogen and oxygen atoms in total. The number of nitrogens with one attached hydrogen (secondary N) is 1. The maximum atomic E-state index is 12.4. The summed E-state index contributed by atoms with van der Waals surface area (Å²) in [6.07, 6.45) is 7.48. The first kappa shape index (κ1) is 19.9. The topological polar surface area (TPSA) is 52.7 Å². The average molecular weight is 372 g/mol. The van der Waals surface area contributed by atoms with Gasteiger partial charge in [-0.05, 0) is 75.9 Å². The van der Waals surface area contributed by atoms with Crippen LogP contribution in [0.5, 0.6) is 0 Å². The first-order valence-corrected chi connectivity index (χ1v) is 10.6. The first-order valence-electron chi connectivity index (χ1n) is 10.6. The van der Waals surface area contributed by atoms with Gasteiger partial charge in [0.05, 0.1) is 0 Å². The number of nitrogens with zero attached hydrogens (tertiary/aromatic N) is 2. The molecule has 1 aromatic rings. The molecule has 1 fully saturated rings. The predicted molar refractivity (Wildman–Crippen MR) is 109 cm³/mol. The quantitative estimate of drug-likeness (QED) is 0.748. The Kier molecular flexibility index (Phi) is 6.89. The van der Waals surface area contributed by atoms with E-state index in [4.69, 9.17) is 0 Å². The molecule has 0 spiro atoms. The Morgan fingerprint density at radius 1 is 1.19 bits per heavy atom. The number of anilines is 1. The first-order chi connectivity index (χ1) is 13.1. The van der Waals surface area contributed by atoms with Crippen LogP contribution >= 0.6 is 0 Å². The van der Waals surface area contributed by atoms with Gasteiger partial charge in [0.2, 0.25) is 5.91 Å². The number of amides is 2. The van der Waals surface area contributed by atoms with E-state index >= 15 is 0 Å². The lowest BCUT2D eigenvalue weighted by Gasteiger charge is -2.33. The summed E-state index contributed by atoms with van der Waals surface area (Å²) in [4.78, 5) is 28.8. The SMILES string of the molecule is CCC(=O)N1CCc2cc(C(=O)NCCCCN3CCCCC3C)ccc21. The Bertz CT molecular complexity index is 674. The highest BCUT2D eigenvalue weighted by molar-refractivity contribution is 5.98. The highest BCUT2D eigenvalue weighted by atomic mass is 16.2. The molecule has 1 saturated heterocycles. The average Bonchev–Trinajstić information content (AvgIpc) is 3.11. The Balaban J connectivity index is 1.43. The van der Waals surface area contributed by atoms with Crippen molar-refractivity contribution in [3.05, 3.63) is 29.3 Å². The van der Waals surface area contributed by atoms with E-state index in [-0.39, 0.29) is 11.8 Å². The number of hydrogen-bond acceptors (Lipinski definition) is 3. The molecule has 1 atom stereocenters. The molecule has 1 unspecified atom stereocenters. The zero-order valence-electron chi connectivity index (χ0n) is 16.8. The van der Waals surface area contributed by atoms with Gasteiger partial charge in [0.15, 0.2) is 0 Å². The third kappa shape index (κ3) is 4.89. The number of unbranched alkanes of at least 4 members (excludes halogenated alkanes) is 1. The van der Waals surface area contributed by atoms with Crippen molar-refractivity contribution in [1.82, 2.24) is 10.2 Å². The van der Waals surface area contributed by atoms with E-state index in [1.165, 1.54) is 25.8 Å². The molecule has 27 heavy (non-hydrogen) atoms. The third-order valence-electron chi connectivity index (χ3n) is 5.94. The molecule has 5 heteroatoms. The predicted octanol–water partition coefficient (Wildman–Crippen LogP) is 3.37. The van der Waals surface area contributed by atoms with Crippen molar-refractivity contribution in [3.63, 3.8) is 0 Å². The van der Waals surface area contributed by atoms with Crippen molar-refractivity contribution in [1.29, 1.82) is 0 Å². The molecule has 2 heterocycles. The van der Waals surface area contributed by atoms with Crippen LogP contribution in [0.3, 0.4) is 0 Å². The fourth-order valence-corrected chi connectivity index (χ4v) is 4.23. The van der Waals surface area contributed by atoms with E-state index < -0.39 is 0 Å². The summed E-state index contributed by atoms with van der Waals surface area (Å²) in [5, 5.41) is 3.05. The minimum atomic E-state index is -0.00981. The Morgan fingerprint density at radius 2 is 2.04 bits per heavy atom. The van der Waals surface area contributed by atoms with Crippen LogP contribution in [-0.4, -0.2) is 48.9 Å². The van der Waals surface area contributed by atoms with E-state index in [2.05, 4.69) is 17.1 Å². The van der Waals surface area contributed by atoms with Crippen LogP contribution in [0.1, 0.15) is 68.3 Å². The Labute approximate surface area is 163 Å². The molecule has 0 radical (unpaired) electrons. The second kappa shape index (κ2) is 9.36. The number of carbonyl (C=O) groups excluding carboxylic acids is 2. The number of rotatable bonds is 7. The van der Waals surface area contributed by atoms with Crippen molar-refractivity contribution in [3.8, 4) is 0 Å². The van der Waals surface area contributed by atoms with Crippen LogP contribution in [0.4, 0.5) is 5.69 Å². The summed E-state index contributed by atoms with van der Waals surface area (Å²) >= 11 is 0. The summed E-state index contributed by atoms with van der Waals surface area (Å²) in [6, 6.07) is 6.41. The molecular weight excluding hydrogens is 338 g/mol. The van der Waals surface area contributed by atoms with Gasteiger partial charge in [0.1, 0.15) is 0 Å². The maximum absolute atomic E-state index is 12.4. The number of benzene rings is 1. The van der Waals surface area contributed by atoms with E-state index in [9.17, 15) is 9.59 Å². The normalized spacial score (nSPS) is 19.8. The Morgan fingerprint density at radius 3 is 2.81 bits per heavy atom. The molecule has 148 valence electrons. The van der Waals surface area contributed by atoms with Crippen LogP contribution < -0.4 is 10.2 Å². The standard InChI is InChI=1S/C22H33N3O2/c1-3-21(26)25-15-11-18-16-19(9-10-20(18)25)22(27)23-12-5-7-14-24-13-6-4-8-17(24)2/h9-10,16-17H,3-8,11-15H2,1-2H3,(H,23,27). The van der Waals surface area contributed by atoms with E-state index in [0.717, 1.165) is 50.1 Å². The van der Waals surface area contributed by atoms with Crippen molar-refractivity contribution in [2.75, 3.05) is 31.1 Å². The van der Waals surface area contributed by atoms with Crippen molar-refractivity contribution in [2.45, 2.75) is 64.8 Å². The number of likely N-dealkylation sites (tertiary alicyclic amines) is 1. The number of carbonyl (C=O) groups is 2. The van der Waals surface area contributed by atoms with E-state index in [1.54, 1.807) is 0 Å². The van der Waals surface area contributed by atoms with E-state index in [1.807, 2.05) is 30.0 Å². The molecule has 2 aliphatic rings. The number of fused-ring (bicyclic) bond motifs is 1. The minimum Gasteiger partial charge on any atom is -0.352 e. The lowest BCUT2D eigenvalue weighted by atomic mass is 10.0. The lowest BCUT2D eigenvalue weighted by Crippen LogP contribution is -2.38. The van der Waals surface area contributed by atoms with Gasteiger partial charge in [-0.15, -0.1) is 0 Å². The largest absolute Gasteiger partial charge is 0.352 e. The van der Waals surface area contributed by atoms with Gasteiger partial charge in [-0.3, -0.25) is 9.59 Å². The second-order valence-electron chi connectivity index (χ2n) is 7.84. The molecule has 0 saturated carbocycles. The van der Waals surface area contributed by atoms with Crippen LogP contribution in [0.15, 0.2) is 18.2 Å². The smallest absolute Gasteiger partial charge is 0.251 e. The molecular formula is C22H33N3O2.